The molecule has 2 aliphatic rings. The Kier molecular flexibility index (Phi) is 4.80. The smallest absolute Gasteiger partial charge is 0.317 e. The highest BCUT2D eigenvalue weighted by molar-refractivity contribution is 5.91. The van der Waals surface area contributed by atoms with Gasteiger partial charge in [0.1, 0.15) is 5.76 Å². The fourth-order valence-electron chi connectivity index (χ4n) is 3.81. The van der Waals surface area contributed by atoms with Crippen molar-refractivity contribution in [2.45, 2.75) is 25.5 Å². The lowest BCUT2D eigenvalue weighted by Gasteiger charge is -2.37. The number of nitrogens with zero attached hydrogens (tertiary/aromatic N) is 2. The van der Waals surface area contributed by atoms with Gasteiger partial charge in [0, 0.05) is 46.1 Å². The predicted molar refractivity (Wildman–Crippen MR) is 87.5 cm³/mol. The summed E-state index contributed by atoms with van der Waals surface area (Å²) in [6.07, 6.45) is 2.54. The van der Waals surface area contributed by atoms with E-state index in [1.807, 2.05) is 4.90 Å². The van der Waals surface area contributed by atoms with E-state index in [1.54, 1.807) is 33.3 Å². The molecule has 2 heterocycles. The van der Waals surface area contributed by atoms with Gasteiger partial charge in [-0.2, -0.15) is 0 Å². The van der Waals surface area contributed by atoms with Crippen molar-refractivity contribution in [3.63, 3.8) is 0 Å². The zero-order valence-electron chi connectivity index (χ0n) is 14.4. The van der Waals surface area contributed by atoms with Gasteiger partial charge in [0.15, 0.2) is 5.76 Å². The van der Waals surface area contributed by atoms with Gasteiger partial charge >= 0.3 is 6.03 Å². The summed E-state index contributed by atoms with van der Waals surface area (Å²) in [7, 11) is 5.10. The molecule has 2 atom stereocenters. The van der Waals surface area contributed by atoms with Gasteiger partial charge in [-0.25, -0.2) is 4.79 Å². The average Bonchev–Trinajstić information content (AvgIpc) is 3.13. The maximum atomic E-state index is 12.4. The van der Waals surface area contributed by atoms with E-state index < -0.39 is 0 Å². The molecule has 1 aliphatic heterocycles. The SMILES string of the molecule is COC1C2CCC1CN(C(=O)NCc1ccc(C(=O)N(C)C)o1)C2. The molecule has 1 saturated carbocycles. The Labute approximate surface area is 141 Å². The van der Waals surface area contributed by atoms with Crippen LogP contribution in [0, 0.1) is 11.8 Å². The van der Waals surface area contributed by atoms with Crippen molar-refractivity contribution in [2.24, 2.45) is 11.8 Å². The zero-order chi connectivity index (χ0) is 17.3. The van der Waals surface area contributed by atoms with E-state index in [0.29, 0.717) is 23.7 Å². The molecule has 24 heavy (non-hydrogen) atoms. The molecule has 0 aromatic carbocycles. The monoisotopic (exact) mass is 335 g/mol. The molecule has 0 spiro atoms. The van der Waals surface area contributed by atoms with Crippen LogP contribution in [0.2, 0.25) is 0 Å². The van der Waals surface area contributed by atoms with Gasteiger partial charge in [-0.1, -0.05) is 0 Å². The third-order valence-corrected chi connectivity index (χ3v) is 5.00. The molecule has 3 amide bonds. The quantitative estimate of drug-likeness (QED) is 0.906. The molecular formula is C17H25N3O4. The van der Waals surface area contributed by atoms with Crippen molar-refractivity contribution in [1.82, 2.24) is 15.1 Å². The molecule has 2 fully saturated rings. The second-order valence-corrected chi connectivity index (χ2v) is 6.83. The van der Waals surface area contributed by atoms with E-state index in [4.69, 9.17) is 9.15 Å². The summed E-state index contributed by atoms with van der Waals surface area (Å²) >= 11 is 0. The number of hydrogen-bond acceptors (Lipinski definition) is 4. The summed E-state index contributed by atoms with van der Waals surface area (Å²) < 4.78 is 11.1. The molecule has 1 saturated heterocycles. The van der Waals surface area contributed by atoms with Crippen LogP contribution in [-0.2, 0) is 11.3 Å². The van der Waals surface area contributed by atoms with Gasteiger partial charge in [0.25, 0.3) is 5.91 Å². The highest BCUT2D eigenvalue weighted by atomic mass is 16.5. The first-order valence-corrected chi connectivity index (χ1v) is 8.35. The van der Waals surface area contributed by atoms with Crippen molar-refractivity contribution in [2.75, 3.05) is 34.3 Å². The second-order valence-electron chi connectivity index (χ2n) is 6.83. The molecular weight excluding hydrogens is 310 g/mol. The first-order chi connectivity index (χ1) is 11.5. The molecule has 7 heteroatoms. The zero-order valence-corrected chi connectivity index (χ0v) is 14.4. The maximum absolute atomic E-state index is 12.4. The van der Waals surface area contributed by atoms with E-state index in [1.165, 1.54) is 4.90 Å². The van der Waals surface area contributed by atoms with Crippen molar-refractivity contribution >= 4 is 11.9 Å². The highest BCUT2D eigenvalue weighted by Gasteiger charge is 2.43. The minimum absolute atomic E-state index is 0.0849. The molecule has 0 radical (unpaired) electrons. The molecule has 1 aromatic rings. The number of urea groups is 1. The Morgan fingerprint density at radius 3 is 2.54 bits per heavy atom. The van der Waals surface area contributed by atoms with Gasteiger partial charge in [0.2, 0.25) is 0 Å². The number of rotatable bonds is 4. The van der Waals surface area contributed by atoms with Crippen LogP contribution < -0.4 is 5.32 Å². The summed E-state index contributed by atoms with van der Waals surface area (Å²) in [4.78, 5) is 27.5. The van der Waals surface area contributed by atoms with Crippen molar-refractivity contribution in [3.05, 3.63) is 23.7 Å². The van der Waals surface area contributed by atoms with Gasteiger partial charge in [-0.15, -0.1) is 0 Å². The number of nitrogens with one attached hydrogen (secondary N) is 1. The highest BCUT2D eigenvalue weighted by Crippen LogP contribution is 2.38. The lowest BCUT2D eigenvalue weighted by Crippen LogP contribution is -2.51. The lowest BCUT2D eigenvalue weighted by atomic mass is 9.95. The van der Waals surface area contributed by atoms with Gasteiger partial charge in [0.05, 0.1) is 12.6 Å². The van der Waals surface area contributed by atoms with E-state index in [2.05, 4.69) is 5.32 Å². The Hall–Kier alpha value is -2.02. The molecule has 2 unspecified atom stereocenters. The summed E-state index contributed by atoms with van der Waals surface area (Å²) in [6, 6.07) is 3.27. The maximum Gasteiger partial charge on any atom is 0.317 e. The summed E-state index contributed by atoms with van der Waals surface area (Å²) in [5, 5.41) is 2.88. The number of carbonyl (C=O) groups excluding carboxylic acids is 2. The van der Waals surface area contributed by atoms with Gasteiger partial charge in [-0.05, 0) is 25.0 Å². The molecule has 1 N–H and O–H groups in total. The van der Waals surface area contributed by atoms with Crippen LogP contribution in [0.5, 0.6) is 0 Å². The number of piperidine rings is 1. The van der Waals surface area contributed by atoms with E-state index in [0.717, 1.165) is 25.9 Å². The van der Waals surface area contributed by atoms with Gasteiger partial charge in [-0.3, -0.25) is 4.79 Å². The van der Waals surface area contributed by atoms with Crippen molar-refractivity contribution in [1.29, 1.82) is 0 Å². The number of furan rings is 1. The largest absolute Gasteiger partial charge is 0.454 e. The minimum atomic E-state index is -0.189. The van der Waals surface area contributed by atoms with Crippen LogP contribution in [0.15, 0.2) is 16.5 Å². The molecule has 3 rings (SSSR count). The number of fused-ring (bicyclic) bond motifs is 2. The first-order valence-electron chi connectivity index (χ1n) is 8.35. The fraction of sp³-hybridized carbons (Fsp3) is 0.647. The number of methoxy groups -OCH3 is 1. The molecule has 1 aliphatic carbocycles. The Bertz CT molecular complexity index is 599. The Morgan fingerprint density at radius 1 is 1.29 bits per heavy atom. The number of ether oxygens (including phenoxy) is 1. The summed E-state index contributed by atoms with van der Waals surface area (Å²) in [5.41, 5.74) is 0. The summed E-state index contributed by atoms with van der Waals surface area (Å²) in [5.74, 6) is 1.54. The fourth-order valence-corrected chi connectivity index (χ4v) is 3.81. The van der Waals surface area contributed by atoms with Crippen LogP contribution in [0.3, 0.4) is 0 Å². The van der Waals surface area contributed by atoms with Gasteiger partial charge < -0.3 is 24.3 Å². The van der Waals surface area contributed by atoms with Crippen LogP contribution in [-0.4, -0.2) is 62.1 Å². The molecule has 132 valence electrons. The Morgan fingerprint density at radius 2 is 1.96 bits per heavy atom. The molecule has 1 aromatic heterocycles. The van der Waals surface area contributed by atoms with E-state index in [-0.39, 0.29) is 24.2 Å². The molecule has 7 nitrogen and oxygen atoms in total. The standard InChI is InChI=1S/C17H25N3O4/c1-19(2)16(21)14-7-6-13(24-14)8-18-17(22)20-9-11-4-5-12(10-20)15(11)23-3/h6-7,11-12,15H,4-5,8-10H2,1-3H3,(H,18,22). The first kappa shape index (κ1) is 16.8. The number of amides is 3. The van der Waals surface area contributed by atoms with Crippen molar-refractivity contribution in [3.8, 4) is 0 Å². The number of hydrogen-bond donors (Lipinski definition) is 1. The van der Waals surface area contributed by atoms with Crippen LogP contribution in [0.4, 0.5) is 4.79 Å². The summed E-state index contributed by atoms with van der Waals surface area (Å²) in [6.45, 7) is 1.76. The second kappa shape index (κ2) is 6.84. The van der Waals surface area contributed by atoms with Crippen molar-refractivity contribution < 1.29 is 18.7 Å². The topological polar surface area (TPSA) is 75.0 Å². The number of likely N-dealkylation sites (tertiary alicyclic amines) is 1. The van der Waals surface area contributed by atoms with E-state index in [9.17, 15) is 9.59 Å². The van der Waals surface area contributed by atoms with Crippen LogP contribution >= 0.6 is 0 Å². The third kappa shape index (κ3) is 3.26. The van der Waals surface area contributed by atoms with E-state index >= 15 is 0 Å². The minimum Gasteiger partial charge on any atom is -0.454 e. The third-order valence-electron chi connectivity index (χ3n) is 5.00. The Balaban J connectivity index is 1.52. The van der Waals surface area contributed by atoms with Crippen LogP contribution in [0.25, 0.3) is 0 Å². The lowest BCUT2D eigenvalue weighted by molar-refractivity contribution is -0.00513. The van der Waals surface area contributed by atoms with Crippen LogP contribution in [0.1, 0.15) is 29.2 Å². The normalized spacial score (nSPS) is 25.6. The number of carbonyl (C=O) groups is 2. The average molecular weight is 335 g/mol. The predicted octanol–water partition coefficient (Wildman–Crippen LogP) is 1.55. The molecule has 2 bridgehead atoms.